The van der Waals surface area contributed by atoms with Crippen LogP contribution in [0.3, 0.4) is 0 Å². The van der Waals surface area contributed by atoms with E-state index in [1.54, 1.807) is 24.6 Å². The Morgan fingerprint density at radius 2 is 2.23 bits per heavy atom. The third-order valence-electron chi connectivity index (χ3n) is 4.63. The minimum absolute atomic E-state index is 0.147. The van der Waals surface area contributed by atoms with Crippen LogP contribution in [0, 0.1) is 11.6 Å². The van der Waals surface area contributed by atoms with Gasteiger partial charge in [-0.15, -0.1) is 0 Å². The lowest BCUT2D eigenvalue weighted by molar-refractivity contribution is 0.0943. The van der Waals surface area contributed by atoms with Gasteiger partial charge in [-0.2, -0.15) is 0 Å². The van der Waals surface area contributed by atoms with Gasteiger partial charge in [0.25, 0.3) is 5.91 Å². The number of aryl methyl sites for hydroxylation is 1. The molecule has 1 aliphatic rings. The largest absolute Gasteiger partial charge is 0.467 e. The average Bonchev–Trinajstić information content (AvgIpc) is 3.30. The number of furan rings is 1. The molecular weight excluding hydrogens is 340 g/mol. The quantitative estimate of drug-likeness (QED) is 0.778. The molecule has 0 saturated heterocycles. The third-order valence-corrected chi connectivity index (χ3v) is 4.63. The number of hydrogen-bond donors (Lipinski definition) is 1. The smallest absolute Gasteiger partial charge is 0.271 e. The van der Waals surface area contributed by atoms with Crippen molar-refractivity contribution in [3.05, 3.63) is 77.3 Å². The number of hydrogen-bond acceptors (Lipinski definition) is 3. The minimum Gasteiger partial charge on any atom is -0.467 e. The summed E-state index contributed by atoms with van der Waals surface area (Å²) in [6.07, 6.45) is 4.47. The summed E-state index contributed by atoms with van der Waals surface area (Å²) in [7, 11) is 0. The summed E-state index contributed by atoms with van der Waals surface area (Å²) in [4.78, 5) is 16.6. The van der Waals surface area contributed by atoms with Crippen molar-refractivity contribution in [2.24, 2.45) is 0 Å². The Hall–Kier alpha value is -2.96. The normalized spacial score (nSPS) is 16.3. The lowest BCUT2D eigenvalue weighted by atomic mass is 9.91. The molecule has 3 heterocycles. The van der Waals surface area contributed by atoms with Crippen molar-refractivity contribution in [2.45, 2.75) is 31.8 Å². The summed E-state index contributed by atoms with van der Waals surface area (Å²) in [6.45, 7) is 0.749. The fraction of sp³-hybridized carbons (Fsp3) is 0.263. The fourth-order valence-corrected chi connectivity index (χ4v) is 3.31. The molecule has 1 atom stereocenters. The van der Waals surface area contributed by atoms with Gasteiger partial charge in [0.05, 0.1) is 12.8 Å². The van der Waals surface area contributed by atoms with Crippen molar-refractivity contribution >= 4 is 5.91 Å². The number of amides is 1. The number of carbonyl (C=O) groups excluding carboxylic acids is 1. The van der Waals surface area contributed by atoms with E-state index in [2.05, 4.69) is 10.3 Å². The maximum Gasteiger partial charge on any atom is 0.271 e. The van der Waals surface area contributed by atoms with E-state index >= 15 is 0 Å². The molecule has 5 nitrogen and oxygen atoms in total. The first kappa shape index (κ1) is 16.5. The van der Waals surface area contributed by atoms with E-state index in [1.807, 2.05) is 4.57 Å². The Morgan fingerprint density at radius 1 is 1.35 bits per heavy atom. The zero-order valence-corrected chi connectivity index (χ0v) is 13.9. The third kappa shape index (κ3) is 3.24. The van der Waals surface area contributed by atoms with Gasteiger partial charge in [-0.3, -0.25) is 4.79 Å². The van der Waals surface area contributed by atoms with E-state index in [0.29, 0.717) is 36.4 Å². The molecule has 1 N–H and O–H groups in total. The van der Waals surface area contributed by atoms with Crippen LogP contribution < -0.4 is 5.32 Å². The van der Waals surface area contributed by atoms with E-state index in [4.69, 9.17) is 4.42 Å². The molecule has 2 aromatic heterocycles. The van der Waals surface area contributed by atoms with E-state index in [-0.39, 0.29) is 18.4 Å². The molecule has 1 amide bonds. The number of rotatable bonds is 4. The molecule has 0 bridgehead atoms. The summed E-state index contributed by atoms with van der Waals surface area (Å²) in [5.41, 5.74) is 0.681. The van der Waals surface area contributed by atoms with Gasteiger partial charge in [-0.25, -0.2) is 13.8 Å². The Balaban J connectivity index is 1.48. The van der Waals surface area contributed by atoms with Gasteiger partial charge in [0.15, 0.2) is 0 Å². The molecule has 7 heteroatoms. The van der Waals surface area contributed by atoms with Gasteiger partial charge in [-0.05, 0) is 42.3 Å². The molecule has 0 radical (unpaired) electrons. The molecule has 1 aromatic carbocycles. The molecule has 1 aliphatic heterocycles. The van der Waals surface area contributed by atoms with E-state index in [1.165, 1.54) is 6.07 Å². The van der Waals surface area contributed by atoms with Gasteiger partial charge in [-0.1, -0.05) is 0 Å². The highest BCUT2D eigenvalue weighted by Gasteiger charge is 2.25. The molecule has 0 aliphatic carbocycles. The summed E-state index contributed by atoms with van der Waals surface area (Å²) < 4.78 is 34.5. The number of benzene rings is 1. The van der Waals surface area contributed by atoms with Crippen molar-refractivity contribution in [3.8, 4) is 0 Å². The standard InChI is InChI=1S/C19H17F2N3O2/c20-13-4-5-16(21)15(8-13)12-3-6-18-23-17(11-24(18)10-12)19(25)22-9-14-2-1-7-26-14/h1-2,4-5,7-8,11-12H,3,6,9-10H2,(H,22,25)/t12-/m1/s1. The molecule has 134 valence electrons. The molecule has 4 rings (SSSR count). The lowest BCUT2D eigenvalue weighted by Gasteiger charge is -2.24. The number of halogens is 2. The first-order valence-corrected chi connectivity index (χ1v) is 8.42. The van der Waals surface area contributed by atoms with Crippen LogP contribution in [0.15, 0.2) is 47.2 Å². The number of aromatic nitrogens is 2. The number of fused-ring (bicyclic) bond motifs is 1. The molecule has 26 heavy (non-hydrogen) atoms. The summed E-state index contributed by atoms with van der Waals surface area (Å²) in [6, 6.07) is 7.05. The monoisotopic (exact) mass is 357 g/mol. The maximum atomic E-state index is 14.0. The molecule has 0 unspecified atom stereocenters. The van der Waals surface area contributed by atoms with E-state index in [9.17, 15) is 13.6 Å². The van der Waals surface area contributed by atoms with Gasteiger partial charge in [0, 0.05) is 25.1 Å². The highest BCUT2D eigenvalue weighted by atomic mass is 19.1. The first-order valence-electron chi connectivity index (χ1n) is 8.42. The van der Waals surface area contributed by atoms with Crippen LogP contribution in [-0.2, 0) is 19.5 Å². The number of carbonyl (C=O) groups is 1. The van der Waals surface area contributed by atoms with Crippen molar-refractivity contribution in [3.63, 3.8) is 0 Å². The highest BCUT2D eigenvalue weighted by molar-refractivity contribution is 5.92. The van der Waals surface area contributed by atoms with Crippen LogP contribution in [0.25, 0.3) is 0 Å². The second kappa shape index (κ2) is 6.74. The predicted molar refractivity (Wildman–Crippen MR) is 89.5 cm³/mol. The van der Waals surface area contributed by atoms with Crippen LogP contribution in [-0.4, -0.2) is 15.5 Å². The van der Waals surface area contributed by atoms with Crippen LogP contribution in [0.4, 0.5) is 8.78 Å². The maximum absolute atomic E-state index is 14.0. The van der Waals surface area contributed by atoms with Crippen LogP contribution in [0.5, 0.6) is 0 Å². The SMILES string of the molecule is O=C(NCc1ccco1)c1cn2c(n1)CC[C@@H](c1cc(F)ccc1F)C2. The Kier molecular flexibility index (Phi) is 4.28. The minimum atomic E-state index is -0.448. The Morgan fingerprint density at radius 3 is 3.04 bits per heavy atom. The second-order valence-corrected chi connectivity index (χ2v) is 6.36. The Bertz CT molecular complexity index is 934. The topological polar surface area (TPSA) is 60.1 Å². The van der Waals surface area contributed by atoms with Crippen molar-refractivity contribution in [1.82, 2.24) is 14.9 Å². The average molecular weight is 357 g/mol. The molecular formula is C19H17F2N3O2. The Labute approximate surface area is 148 Å². The van der Waals surface area contributed by atoms with Gasteiger partial charge in [0.2, 0.25) is 0 Å². The summed E-state index contributed by atoms with van der Waals surface area (Å²) >= 11 is 0. The van der Waals surface area contributed by atoms with Crippen LogP contribution >= 0.6 is 0 Å². The molecule has 0 spiro atoms. The second-order valence-electron chi connectivity index (χ2n) is 6.36. The first-order chi connectivity index (χ1) is 12.6. The number of imidazole rings is 1. The number of nitrogens with one attached hydrogen (secondary N) is 1. The predicted octanol–water partition coefficient (Wildman–Crippen LogP) is 3.41. The summed E-state index contributed by atoms with van der Waals surface area (Å²) in [5, 5.41) is 2.75. The van der Waals surface area contributed by atoms with Crippen LogP contribution in [0.1, 0.15) is 40.0 Å². The lowest BCUT2D eigenvalue weighted by Crippen LogP contribution is -2.22. The van der Waals surface area contributed by atoms with E-state index in [0.717, 1.165) is 18.0 Å². The molecule has 3 aromatic rings. The van der Waals surface area contributed by atoms with Crippen LogP contribution in [0.2, 0.25) is 0 Å². The van der Waals surface area contributed by atoms with Gasteiger partial charge >= 0.3 is 0 Å². The van der Waals surface area contributed by atoms with E-state index < -0.39 is 11.6 Å². The zero-order valence-electron chi connectivity index (χ0n) is 13.9. The highest BCUT2D eigenvalue weighted by Crippen LogP contribution is 2.30. The van der Waals surface area contributed by atoms with Crippen molar-refractivity contribution < 1.29 is 18.0 Å². The van der Waals surface area contributed by atoms with Gasteiger partial charge in [0.1, 0.15) is 28.9 Å². The molecule has 0 fully saturated rings. The zero-order chi connectivity index (χ0) is 18.1. The van der Waals surface area contributed by atoms with Crippen molar-refractivity contribution in [1.29, 1.82) is 0 Å². The van der Waals surface area contributed by atoms with Crippen molar-refractivity contribution in [2.75, 3.05) is 0 Å². The van der Waals surface area contributed by atoms with Gasteiger partial charge < -0.3 is 14.3 Å². The number of nitrogens with zero attached hydrogens (tertiary/aromatic N) is 2. The molecule has 0 saturated carbocycles. The fourth-order valence-electron chi connectivity index (χ4n) is 3.31. The summed E-state index contributed by atoms with van der Waals surface area (Å²) in [5.74, 6) is 0.139.